The maximum atomic E-state index is 5.80. The van der Waals surface area contributed by atoms with Gasteiger partial charge in [0, 0.05) is 38.8 Å². The molecule has 1 N–H and O–H groups in total. The number of likely N-dealkylation sites (N-methyl/N-ethyl adjacent to an activating group) is 2. The Hall–Kier alpha value is -0.160. The Morgan fingerprint density at radius 2 is 2.24 bits per heavy atom. The molecule has 1 atom stereocenters. The van der Waals surface area contributed by atoms with E-state index >= 15 is 0 Å². The molecule has 0 amide bonds. The Bertz CT molecular complexity index is 199. The van der Waals surface area contributed by atoms with Crippen molar-refractivity contribution in [2.45, 2.75) is 32.9 Å². The topological polar surface area (TPSA) is 27.7 Å². The Morgan fingerprint density at radius 3 is 2.82 bits per heavy atom. The molecule has 1 saturated heterocycles. The van der Waals surface area contributed by atoms with Gasteiger partial charge in [0.25, 0.3) is 0 Å². The van der Waals surface area contributed by atoms with Gasteiger partial charge in [-0.05, 0) is 13.6 Å². The van der Waals surface area contributed by atoms with Crippen LogP contribution in [-0.4, -0.2) is 74.9 Å². The van der Waals surface area contributed by atoms with Gasteiger partial charge in [-0.3, -0.25) is 4.90 Å². The van der Waals surface area contributed by atoms with Gasteiger partial charge in [0.05, 0.1) is 12.7 Å². The molecular weight excluding hydrogens is 214 g/mol. The van der Waals surface area contributed by atoms with E-state index in [0.717, 1.165) is 45.9 Å². The normalized spacial score (nSPS) is 22.6. The van der Waals surface area contributed by atoms with Gasteiger partial charge in [-0.25, -0.2) is 0 Å². The van der Waals surface area contributed by atoms with E-state index in [1.807, 2.05) is 0 Å². The molecular formula is C13H29N3O. The summed E-state index contributed by atoms with van der Waals surface area (Å²) in [7, 11) is 2.17. The van der Waals surface area contributed by atoms with Crippen molar-refractivity contribution in [1.29, 1.82) is 0 Å². The maximum Gasteiger partial charge on any atom is 0.0829 e. The van der Waals surface area contributed by atoms with Gasteiger partial charge in [-0.15, -0.1) is 0 Å². The highest BCUT2D eigenvalue weighted by Gasteiger charge is 2.19. The van der Waals surface area contributed by atoms with Crippen LogP contribution in [0.3, 0.4) is 0 Å². The Balaban J connectivity index is 2.20. The summed E-state index contributed by atoms with van der Waals surface area (Å²) in [5.74, 6) is 0. The molecule has 4 nitrogen and oxygen atoms in total. The van der Waals surface area contributed by atoms with Crippen LogP contribution in [0.5, 0.6) is 0 Å². The summed E-state index contributed by atoms with van der Waals surface area (Å²) < 4.78 is 5.80. The molecule has 0 aliphatic carbocycles. The zero-order valence-corrected chi connectivity index (χ0v) is 11.9. The van der Waals surface area contributed by atoms with Crippen LogP contribution in [-0.2, 0) is 4.74 Å². The third kappa shape index (κ3) is 6.36. The van der Waals surface area contributed by atoms with Gasteiger partial charge in [0.2, 0.25) is 0 Å². The molecule has 1 aliphatic rings. The van der Waals surface area contributed by atoms with Crippen molar-refractivity contribution >= 4 is 0 Å². The minimum atomic E-state index is 0.382. The zero-order chi connectivity index (χ0) is 12.7. The highest BCUT2D eigenvalue weighted by Crippen LogP contribution is 2.05. The molecule has 1 rings (SSSR count). The van der Waals surface area contributed by atoms with E-state index in [4.69, 9.17) is 4.74 Å². The fourth-order valence-electron chi connectivity index (χ4n) is 2.16. The monoisotopic (exact) mass is 243 g/mol. The second-order valence-corrected chi connectivity index (χ2v) is 5.26. The number of ether oxygens (including phenoxy) is 1. The molecule has 0 aromatic heterocycles. The predicted molar refractivity (Wildman–Crippen MR) is 72.5 cm³/mol. The van der Waals surface area contributed by atoms with Crippen molar-refractivity contribution < 1.29 is 4.74 Å². The van der Waals surface area contributed by atoms with Crippen molar-refractivity contribution in [3.63, 3.8) is 0 Å². The number of hydrogen-bond donors (Lipinski definition) is 1. The van der Waals surface area contributed by atoms with Gasteiger partial charge in [-0.1, -0.05) is 20.8 Å². The molecule has 0 bridgehead atoms. The summed E-state index contributed by atoms with van der Waals surface area (Å²) in [6.45, 7) is 13.9. The summed E-state index contributed by atoms with van der Waals surface area (Å²) in [5.41, 5.74) is 0. The van der Waals surface area contributed by atoms with Crippen molar-refractivity contribution in [2.75, 3.05) is 52.9 Å². The van der Waals surface area contributed by atoms with Gasteiger partial charge in [0.15, 0.2) is 0 Å². The van der Waals surface area contributed by atoms with Crippen LogP contribution < -0.4 is 5.32 Å². The van der Waals surface area contributed by atoms with E-state index in [1.54, 1.807) is 0 Å². The van der Waals surface area contributed by atoms with Crippen LogP contribution in [0, 0.1) is 0 Å². The highest BCUT2D eigenvalue weighted by atomic mass is 16.5. The SMILES string of the molecule is CCN(CCNC(C)C)CC1CN(C)CCO1. The first kappa shape index (κ1) is 14.9. The number of hydrogen-bond acceptors (Lipinski definition) is 4. The van der Waals surface area contributed by atoms with Gasteiger partial charge in [-0.2, -0.15) is 0 Å². The lowest BCUT2D eigenvalue weighted by molar-refractivity contribution is -0.0348. The maximum absolute atomic E-state index is 5.80. The summed E-state index contributed by atoms with van der Waals surface area (Å²) in [6.07, 6.45) is 0.382. The molecule has 1 unspecified atom stereocenters. The summed E-state index contributed by atoms with van der Waals surface area (Å²) in [6, 6.07) is 0.575. The van der Waals surface area contributed by atoms with E-state index in [9.17, 15) is 0 Å². The summed E-state index contributed by atoms with van der Waals surface area (Å²) in [4.78, 5) is 4.83. The predicted octanol–water partition coefficient (Wildman–Crippen LogP) is 0.637. The second kappa shape index (κ2) is 8.03. The molecule has 0 spiro atoms. The molecule has 1 heterocycles. The van der Waals surface area contributed by atoms with E-state index in [1.165, 1.54) is 0 Å². The first-order chi connectivity index (χ1) is 8.11. The van der Waals surface area contributed by atoms with Gasteiger partial charge >= 0.3 is 0 Å². The second-order valence-electron chi connectivity index (χ2n) is 5.26. The first-order valence-electron chi connectivity index (χ1n) is 6.87. The number of nitrogens with zero attached hydrogens (tertiary/aromatic N) is 2. The molecule has 0 saturated carbocycles. The molecule has 1 aliphatic heterocycles. The smallest absolute Gasteiger partial charge is 0.0829 e. The lowest BCUT2D eigenvalue weighted by Crippen LogP contribution is -2.47. The lowest BCUT2D eigenvalue weighted by Gasteiger charge is -2.33. The average Bonchev–Trinajstić information content (AvgIpc) is 2.27. The van der Waals surface area contributed by atoms with Crippen LogP contribution in [0.25, 0.3) is 0 Å². The van der Waals surface area contributed by atoms with Gasteiger partial charge < -0.3 is 15.0 Å². The Labute approximate surface area is 106 Å². The molecule has 1 fully saturated rings. The summed E-state index contributed by atoms with van der Waals surface area (Å²) in [5, 5.41) is 3.46. The van der Waals surface area contributed by atoms with Crippen LogP contribution in [0.4, 0.5) is 0 Å². The Kier molecular flexibility index (Phi) is 7.04. The number of rotatable bonds is 7. The van der Waals surface area contributed by atoms with Gasteiger partial charge in [0.1, 0.15) is 0 Å². The molecule has 0 aromatic rings. The fraction of sp³-hybridized carbons (Fsp3) is 1.00. The van der Waals surface area contributed by atoms with Crippen molar-refractivity contribution in [3.8, 4) is 0 Å². The van der Waals surface area contributed by atoms with E-state index in [0.29, 0.717) is 12.1 Å². The third-order valence-electron chi connectivity index (χ3n) is 3.23. The quantitative estimate of drug-likeness (QED) is 0.710. The minimum Gasteiger partial charge on any atom is -0.374 e. The lowest BCUT2D eigenvalue weighted by atomic mass is 10.2. The van der Waals surface area contributed by atoms with Crippen LogP contribution in [0.2, 0.25) is 0 Å². The van der Waals surface area contributed by atoms with E-state index < -0.39 is 0 Å². The molecule has 0 radical (unpaired) electrons. The first-order valence-corrected chi connectivity index (χ1v) is 6.87. The van der Waals surface area contributed by atoms with Crippen molar-refractivity contribution in [1.82, 2.24) is 15.1 Å². The summed E-state index contributed by atoms with van der Waals surface area (Å²) >= 11 is 0. The Morgan fingerprint density at radius 1 is 1.47 bits per heavy atom. The van der Waals surface area contributed by atoms with E-state index in [2.05, 4.69) is 42.9 Å². The molecule has 0 aromatic carbocycles. The number of morpholine rings is 1. The average molecular weight is 243 g/mol. The third-order valence-corrected chi connectivity index (χ3v) is 3.23. The van der Waals surface area contributed by atoms with Crippen LogP contribution >= 0.6 is 0 Å². The van der Waals surface area contributed by atoms with E-state index in [-0.39, 0.29) is 0 Å². The standard InChI is InChI=1S/C13H29N3O/c1-5-16(7-6-14-12(2)3)11-13-10-15(4)8-9-17-13/h12-14H,5-11H2,1-4H3. The van der Waals surface area contributed by atoms with Crippen molar-refractivity contribution in [3.05, 3.63) is 0 Å². The fourth-order valence-corrected chi connectivity index (χ4v) is 2.16. The minimum absolute atomic E-state index is 0.382. The largest absolute Gasteiger partial charge is 0.374 e. The molecule has 4 heteroatoms. The van der Waals surface area contributed by atoms with Crippen molar-refractivity contribution in [2.24, 2.45) is 0 Å². The highest BCUT2D eigenvalue weighted by molar-refractivity contribution is 4.73. The van der Waals surface area contributed by atoms with Crippen LogP contribution in [0.1, 0.15) is 20.8 Å². The molecule has 17 heavy (non-hydrogen) atoms. The van der Waals surface area contributed by atoms with Crippen LogP contribution in [0.15, 0.2) is 0 Å². The zero-order valence-electron chi connectivity index (χ0n) is 11.9. The molecule has 102 valence electrons. The number of nitrogens with one attached hydrogen (secondary N) is 1.